The topological polar surface area (TPSA) is 44.4 Å². The molecule has 1 aliphatic heterocycles. The van der Waals surface area contributed by atoms with E-state index in [9.17, 15) is 4.79 Å². The van der Waals surface area contributed by atoms with E-state index in [2.05, 4.69) is 29.7 Å². The van der Waals surface area contributed by atoms with Crippen molar-refractivity contribution in [1.29, 1.82) is 0 Å². The van der Waals surface area contributed by atoms with Gasteiger partial charge in [-0.05, 0) is 52.0 Å². The molecular weight excluding hydrogens is 302 g/mol. The van der Waals surface area contributed by atoms with Crippen LogP contribution in [0.2, 0.25) is 0 Å². The van der Waals surface area contributed by atoms with Crippen molar-refractivity contribution in [3.63, 3.8) is 0 Å². The van der Waals surface area contributed by atoms with Crippen LogP contribution in [0, 0.1) is 6.92 Å². The highest BCUT2D eigenvalue weighted by molar-refractivity contribution is 7.80. The summed E-state index contributed by atoms with van der Waals surface area (Å²) >= 11 is 6.94. The molecule has 0 saturated heterocycles. The largest absolute Gasteiger partial charge is 0.350 e. The summed E-state index contributed by atoms with van der Waals surface area (Å²) in [5.41, 5.74) is 1.60. The van der Waals surface area contributed by atoms with E-state index in [4.69, 9.17) is 12.2 Å². The second kappa shape index (κ2) is 6.58. The van der Waals surface area contributed by atoms with Crippen molar-refractivity contribution in [2.75, 3.05) is 13.1 Å². The monoisotopic (exact) mass is 323 g/mol. The molecule has 0 radical (unpaired) electrons. The Labute approximate surface area is 135 Å². The Morgan fingerprint density at radius 1 is 1.33 bits per heavy atom. The molecule has 0 spiro atoms. The lowest BCUT2D eigenvalue weighted by Crippen LogP contribution is -2.47. The number of hydrogen-bond acceptors (Lipinski definition) is 3. The van der Waals surface area contributed by atoms with E-state index >= 15 is 0 Å². The molecule has 21 heavy (non-hydrogen) atoms. The van der Waals surface area contributed by atoms with Crippen molar-refractivity contribution >= 4 is 34.6 Å². The molecule has 6 heteroatoms. The van der Waals surface area contributed by atoms with Crippen molar-refractivity contribution in [3.8, 4) is 0 Å². The van der Waals surface area contributed by atoms with Crippen molar-refractivity contribution < 1.29 is 4.79 Å². The van der Waals surface area contributed by atoms with Gasteiger partial charge >= 0.3 is 0 Å². The van der Waals surface area contributed by atoms with Crippen LogP contribution in [-0.2, 0) is 4.79 Å². The standard InChI is InChI=1S/C15H21N3OS2/c1-5-18(6-2)14(19)12-10(4)16-15(20)17-13(12)11-8-7-9(3)21-11/h7-8,13H,5-6H2,1-4H3,(H2,16,17,20)/t13-/m1/s1. The number of allylic oxidation sites excluding steroid dienone is 1. The second-order valence-electron chi connectivity index (χ2n) is 5.00. The molecule has 1 amide bonds. The summed E-state index contributed by atoms with van der Waals surface area (Å²) < 4.78 is 0. The number of nitrogens with zero attached hydrogens (tertiary/aromatic N) is 1. The summed E-state index contributed by atoms with van der Waals surface area (Å²) in [4.78, 5) is 17.0. The Hall–Kier alpha value is -1.40. The van der Waals surface area contributed by atoms with E-state index in [0.29, 0.717) is 18.2 Å². The predicted molar refractivity (Wildman–Crippen MR) is 91.3 cm³/mol. The average molecular weight is 323 g/mol. The normalized spacial score (nSPS) is 18.3. The number of carbonyl (C=O) groups is 1. The highest BCUT2D eigenvalue weighted by Gasteiger charge is 2.32. The van der Waals surface area contributed by atoms with Crippen LogP contribution in [0.1, 0.15) is 36.6 Å². The Morgan fingerprint density at radius 3 is 2.52 bits per heavy atom. The van der Waals surface area contributed by atoms with Crippen LogP contribution in [0.25, 0.3) is 0 Å². The van der Waals surface area contributed by atoms with Gasteiger partial charge in [-0.3, -0.25) is 4.79 Å². The van der Waals surface area contributed by atoms with Crippen LogP contribution in [0.5, 0.6) is 0 Å². The number of rotatable bonds is 4. The van der Waals surface area contributed by atoms with Gasteiger partial charge in [-0.15, -0.1) is 11.3 Å². The fourth-order valence-corrected chi connectivity index (χ4v) is 3.69. The molecule has 1 aromatic rings. The zero-order valence-corrected chi connectivity index (χ0v) is 14.5. The van der Waals surface area contributed by atoms with Gasteiger partial charge in [-0.2, -0.15) is 0 Å². The van der Waals surface area contributed by atoms with Crippen molar-refractivity contribution in [3.05, 3.63) is 33.2 Å². The lowest BCUT2D eigenvalue weighted by Gasteiger charge is -2.32. The summed E-state index contributed by atoms with van der Waals surface area (Å²) in [5, 5.41) is 6.88. The van der Waals surface area contributed by atoms with Gasteiger partial charge in [-0.1, -0.05) is 0 Å². The lowest BCUT2D eigenvalue weighted by molar-refractivity contribution is -0.127. The molecule has 0 fully saturated rings. The summed E-state index contributed by atoms with van der Waals surface area (Å²) in [7, 11) is 0. The average Bonchev–Trinajstić information content (AvgIpc) is 2.85. The van der Waals surface area contributed by atoms with Crippen LogP contribution in [0.3, 0.4) is 0 Å². The zero-order chi connectivity index (χ0) is 15.6. The Balaban J connectivity index is 2.43. The number of hydrogen-bond donors (Lipinski definition) is 2. The molecular formula is C15H21N3OS2. The van der Waals surface area contributed by atoms with Gasteiger partial charge in [0.2, 0.25) is 0 Å². The Bertz CT molecular complexity index is 587. The van der Waals surface area contributed by atoms with E-state index in [1.54, 1.807) is 11.3 Å². The SMILES string of the molecule is CCN(CC)C(=O)C1=C(C)NC(=S)N[C@@H]1c1ccc(C)s1. The first kappa shape index (κ1) is 16.0. The fraction of sp³-hybridized carbons (Fsp3) is 0.467. The van der Waals surface area contributed by atoms with Crippen LogP contribution in [-0.4, -0.2) is 29.0 Å². The van der Waals surface area contributed by atoms with Gasteiger partial charge in [0, 0.05) is 28.5 Å². The summed E-state index contributed by atoms with van der Waals surface area (Å²) in [6.07, 6.45) is 0. The highest BCUT2D eigenvalue weighted by Crippen LogP contribution is 2.32. The smallest absolute Gasteiger partial charge is 0.253 e. The quantitative estimate of drug-likeness (QED) is 0.836. The van der Waals surface area contributed by atoms with Gasteiger partial charge in [0.1, 0.15) is 0 Å². The first-order valence-corrected chi connectivity index (χ1v) is 8.34. The van der Waals surface area contributed by atoms with Gasteiger partial charge in [-0.25, -0.2) is 0 Å². The minimum absolute atomic E-state index is 0.0658. The summed E-state index contributed by atoms with van der Waals surface area (Å²) in [5.74, 6) is 0.0658. The van der Waals surface area contributed by atoms with Crippen molar-refractivity contribution in [1.82, 2.24) is 15.5 Å². The Morgan fingerprint density at radius 2 is 2.00 bits per heavy atom. The minimum Gasteiger partial charge on any atom is -0.350 e. The molecule has 2 rings (SSSR count). The fourth-order valence-electron chi connectivity index (χ4n) is 2.48. The van der Waals surface area contributed by atoms with Crippen LogP contribution in [0.15, 0.2) is 23.4 Å². The molecule has 0 bridgehead atoms. The minimum atomic E-state index is -0.162. The van der Waals surface area contributed by atoms with Crippen LogP contribution in [0.4, 0.5) is 0 Å². The molecule has 4 nitrogen and oxygen atoms in total. The van der Waals surface area contributed by atoms with Gasteiger partial charge in [0.25, 0.3) is 5.91 Å². The molecule has 2 N–H and O–H groups in total. The third kappa shape index (κ3) is 3.27. The molecule has 1 atom stereocenters. The summed E-state index contributed by atoms with van der Waals surface area (Å²) in [6.45, 7) is 9.37. The van der Waals surface area contributed by atoms with E-state index in [1.165, 1.54) is 4.88 Å². The number of aryl methyl sites for hydroxylation is 1. The number of thiophene rings is 1. The lowest BCUT2D eigenvalue weighted by atomic mass is 10.00. The molecule has 0 saturated carbocycles. The molecule has 0 unspecified atom stereocenters. The number of nitrogens with one attached hydrogen (secondary N) is 2. The van der Waals surface area contributed by atoms with E-state index in [1.807, 2.05) is 25.7 Å². The number of amides is 1. The molecule has 0 aromatic carbocycles. The summed E-state index contributed by atoms with van der Waals surface area (Å²) in [6, 6.07) is 3.97. The van der Waals surface area contributed by atoms with Crippen molar-refractivity contribution in [2.45, 2.75) is 33.7 Å². The number of thiocarbonyl (C=S) groups is 1. The third-order valence-corrected chi connectivity index (χ3v) is 4.88. The maximum Gasteiger partial charge on any atom is 0.253 e. The van der Waals surface area contributed by atoms with Crippen LogP contribution >= 0.6 is 23.6 Å². The van der Waals surface area contributed by atoms with E-state index in [0.717, 1.165) is 16.1 Å². The van der Waals surface area contributed by atoms with E-state index < -0.39 is 0 Å². The van der Waals surface area contributed by atoms with E-state index in [-0.39, 0.29) is 11.9 Å². The number of likely N-dealkylation sites (N-methyl/N-ethyl adjacent to an activating group) is 1. The molecule has 1 aromatic heterocycles. The maximum atomic E-state index is 12.8. The van der Waals surface area contributed by atoms with Gasteiger partial charge < -0.3 is 15.5 Å². The molecule has 0 aliphatic carbocycles. The maximum absolute atomic E-state index is 12.8. The molecule has 114 valence electrons. The Kier molecular flexibility index (Phi) is 5.00. The second-order valence-corrected chi connectivity index (χ2v) is 6.72. The molecule has 1 aliphatic rings. The first-order valence-electron chi connectivity index (χ1n) is 7.11. The van der Waals surface area contributed by atoms with Crippen LogP contribution < -0.4 is 10.6 Å². The predicted octanol–water partition coefficient (Wildman–Crippen LogP) is 2.72. The molecule has 2 heterocycles. The first-order chi connectivity index (χ1) is 9.97. The third-order valence-electron chi connectivity index (χ3n) is 3.60. The highest BCUT2D eigenvalue weighted by atomic mass is 32.1. The van der Waals surface area contributed by atoms with Gasteiger partial charge in [0.05, 0.1) is 11.6 Å². The van der Waals surface area contributed by atoms with Crippen molar-refractivity contribution in [2.24, 2.45) is 0 Å². The zero-order valence-electron chi connectivity index (χ0n) is 12.8. The number of carbonyl (C=O) groups excluding carboxylic acids is 1. The van der Waals surface area contributed by atoms with Gasteiger partial charge in [0.15, 0.2) is 5.11 Å².